The third-order valence-electron chi connectivity index (χ3n) is 3.53. The number of nitro groups is 1. The van der Waals surface area contributed by atoms with Gasteiger partial charge in [-0.3, -0.25) is 14.7 Å². The van der Waals surface area contributed by atoms with Crippen molar-refractivity contribution in [3.63, 3.8) is 0 Å². The van der Waals surface area contributed by atoms with E-state index >= 15 is 0 Å². The molecule has 5 N–H and O–H groups in total. The van der Waals surface area contributed by atoms with Gasteiger partial charge in [-0.25, -0.2) is 5.43 Å². The van der Waals surface area contributed by atoms with E-state index in [1.807, 2.05) is 6.92 Å². The molecule has 1 aliphatic heterocycles. The minimum atomic E-state index is -4.02. The zero-order valence-corrected chi connectivity index (χ0v) is 16.2. The summed E-state index contributed by atoms with van der Waals surface area (Å²) in [6, 6.07) is 8.65. The Labute approximate surface area is 170 Å². The second-order valence-electron chi connectivity index (χ2n) is 5.66. The maximum atomic E-state index is 10.9. The number of benzene rings is 2. The lowest BCUT2D eigenvalue weighted by atomic mass is 10.1. The number of hydrogen-bond donors (Lipinski definition) is 4. The molecule has 14 heteroatoms. The Bertz CT molecular complexity index is 1080. The van der Waals surface area contributed by atoms with Crippen LogP contribution in [-0.4, -0.2) is 42.1 Å². The number of aryl methyl sites for hydroxylation is 1. The van der Waals surface area contributed by atoms with Crippen molar-refractivity contribution in [2.75, 3.05) is 6.79 Å². The molecule has 0 fully saturated rings. The fourth-order valence-electron chi connectivity index (χ4n) is 2.11. The summed E-state index contributed by atoms with van der Waals surface area (Å²) in [5.74, 6) is 0.337. The fourth-order valence-corrected chi connectivity index (χ4v) is 2.59. The molecule has 3 rings (SSSR count). The van der Waals surface area contributed by atoms with Crippen molar-refractivity contribution in [2.24, 2.45) is 16.0 Å². The van der Waals surface area contributed by atoms with Gasteiger partial charge in [-0.05, 0) is 30.3 Å². The van der Waals surface area contributed by atoms with Gasteiger partial charge in [0.2, 0.25) is 6.79 Å². The van der Waals surface area contributed by atoms with Gasteiger partial charge in [0.05, 0.1) is 27.7 Å². The molecule has 160 valence electrons. The summed E-state index contributed by atoms with van der Waals surface area (Å²) in [5, 5.41) is 25.4. The quantitative estimate of drug-likeness (QED) is 0.134. The van der Waals surface area contributed by atoms with Gasteiger partial charge in [-0.15, -0.1) is 0 Å². The van der Waals surface area contributed by atoms with Gasteiger partial charge in [0.1, 0.15) is 0 Å². The van der Waals surface area contributed by atoms with Crippen LogP contribution in [-0.2, 0) is 10.1 Å². The number of hydrogen-bond acceptors (Lipinski definition) is 9. The summed E-state index contributed by atoms with van der Waals surface area (Å²) in [5.41, 5.74) is 8.23. The first kappa shape index (κ1) is 22.4. The first-order chi connectivity index (χ1) is 14.1. The second kappa shape index (κ2) is 9.53. The van der Waals surface area contributed by atoms with E-state index in [-0.39, 0.29) is 28.9 Å². The summed E-state index contributed by atoms with van der Waals surface area (Å²) in [4.78, 5) is 10.3. The molecule has 0 spiro atoms. The average molecular weight is 439 g/mol. The molecule has 13 nitrogen and oxygen atoms in total. The highest BCUT2D eigenvalue weighted by molar-refractivity contribution is 7.85. The van der Waals surface area contributed by atoms with Gasteiger partial charge >= 0.3 is 0 Å². The summed E-state index contributed by atoms with van der Waals surface area (Å²) in [7, 11) is -4.02. The first-order valence-electron chi connectivity index (χ1n) is 8.00. The van der Waals surface area contributed by atoms with Gasteiger partial charge in [0.15, 0.2) is 11.5 Å². The Morgan fingerprint density at radius 3 is 2.40 bits per heavy atom. The molecular formula is C16H17N5O8S. The number of nitrogens with two attached hydrogens (primary N) is 1. The lowest BCUT2D eigenvalue weighted by molar-refractivity contribution is -0.385. The van der Waals surface area contributed by atoms with E-state index in [1.165, 1.54) is 24.3 Å². The summed E-state index contributed by atoms with van der Waals surface area (Å²) in [6.07, 6.45) is 1.15. The van der Waals surface area contributed by atoms with Crippen LogP contribution in [0.15, 0.2) is 51.6 Å². The molecule has 0 bridgehead atoms. The van der Waals surface area contributed by atoms with Crippen molar-refractivity contribution in [2.45, 2.75) is 11.8 Å². The molecule has 30 heavy (non-hydrogen) atoms. The molecule has 2 aromatic carbocycles. The topological polar surface area (TPSA) is 199 Å². The van der Waals surface area contributed by atoms with Crippen molar-refractivity contribution >= 4 is 28.0 Å². The summed E-state index contributed by atoms with van der Waals surface area (Å²) in [6.45, 7) is 1.85. The van der Waals surface area contributed by atoms with Crippen LogP contribution in [0.25, 0.3) is 0 Å². The van der Waals surface area contributed by atoms with Gasteiger partial charge in [0, 0.05) is 0 Å². The van der Waals surface area contributed by atoms with E-state index in [0.29, 0.717) is 11.5 Å². The molecule has 0 amide bonds. The number of oxime groups is 1. The van der Waals surface area contributed by atoms with Crippen LogP contribution in [0.5, 0.6) is 11.5 Å². The van der Waals surface area contributed by atoms with Crippen molar-refractivity contribution < 1.29 is 32.6 Å². The van der Waals surface area contributed by atoms with Gasteiger partial charge in [0.25, 0.3) is 21.8 Å². The van der Waals surface area contributed by atoms with Crippen LogP contribution in [0, 0.1) is 17.0 Å². The van der Waals surface area contributed by atoms with Crippen LogP contribution in [0.3, 0.4) is 0 Å². The van der Waals surface area contributed by atoms with Crippen LogP contribution < -0.4 is 20.6 Å². The predicted molar refractivity (Wildman–Crippen MR) is 104 cm³/mol. The Kier molecular flexibility index (Phi) is 7.11. The number of fused-ring (bicyclic) bond motifs is 1. The standard InChI is InChI=1S/C9H9N5O5.C7H8O3S/c10-9(13-15)12-11-3-5-1-7-8(19-4-18-7)2-6(5)14(16)17;1-6-2-4-7(5-3-6)11(8,9)10/h1-3,15H,4H2,(H3,10,12,13);2-5H,1H3,(H,8,9,10). The molecule has 1 heterocycles. The SMILES string of the molecule is Cc1ccc(S(=O)(=O)O)cc1.NC(=NO)NN=Cc1cc2c(cc1[N+](=O)[O-])OCO2. The van der Waals surface area contributed by atoms with E-state index < -0.39 is 15.0 Å². The smallest absolute Gasteiger partial charge is 0.294 e. The summed E-state index contributed by atoms with van der Waals surface area (Å²) >= 11 is 0. The highest BCUT2D eigenvalue weighted by Gasteiger charge is 2.22. The molecule has 0 unspecified atom stereocenters. The van der Waals surface area contributed by atoms with E-state index in [9.17, 15) is 18.5 Å². The number of nitro benzene ring substituents is 1. The fraction of sp³-hybridized carbons (Fsp3) is 0.125. The number of guanidine groups is 1. The normalized spacial score (nSPS) is 12.9. The van der Waals surface area contributed by atoms with Gasteiger partial charge in [-0.2, -0.15) is 13.5 Å². The Balaban J connectivity index is 0.000000248. The summed E-state index contributed by atoms with van der Waals surface area (Å²) < 4.78 is 39.7. The molecule has 0 saturated heterocycles. The van der Waals surface area contributed by atoms with E-state index in [2.05, 4.69) is 15.7 Å². The van der Waals surface area contributed by atoms with E-state index in [1.54, 1.807) is 12.1 Å². The monoisotopic (exact) mass is 439 g/mol. The third kappa shape index (κ3) is 6.05. The molecule has 2 aromatic rings. The van der Waals surface area contributed by atoms with Crippen molar-refractivity contribution in [1.29, 1.82) is 0 Å². The van der Waals surface area contributed by atoms with Gasteiger partial charge in [-0.1, -0.05) is 17.7 Å². The molecule has 0 radical (unpaired) electrons. The first-order valence-corrected chi connectivity index (χ1v) is 9.44. The number of hydrazone groups is 1. The lowest BCUT2D eigenvalue weighted by Crippen LogP contribution is -2.26. The molecule has 0 saturated carbocycles. The number of nitrogens with one attached hydrogen (secondary N) is 1. The predicted octanol–water partition coefficient (Wildman–Crippen LogP) is 1.19. The van der Waals surface area contributed by atoms with Crippen LogP contribution in [0.1, 0.15) is 11.1 Å². The average Bonchev–Trinajstić information content (AvgIpc) is 3.14. The number of rotatable bonds is 4. The molecule has 0 atom stereocenters. The largest absolute Gasteiger partial charge is 0.454 e. The third-order valence-corrected chi connectivity index (χ3v) is 4.40. The highest BCUT2D eigenvalue weighted by Crippen LogP contribution is 2.37. The van der Waals surface area contributed by atoms with Crippen molar-refractivity contribution in [1.82, 2.24) is 5.43 Å². The minimum absolute atomic E-state index is 0.00938. The molecule has 0 aromatic heterocycles. The number of ether oxygens (including phenoxy) is 2. The zero-order chi connectivity index (χ0) is 22.3. The molecular weight excluding hydrogens is 422 g/mol. The van der Waals surface area contributed by atoms with Crippen LogP contribution in [0.2, 0.25) is 0 Å². The maximum absolute atomic E-state index is 10.9. The van der Waals surface area contributed by atoms with Crippen molar-refractivity contribution in [3.8, 4) is 11.5 Å². The van der Waals surface area contributed by atoms with Crippen LogP contribution in [0.4, 0.5) is 5.69 Å². The van der Waals surface area contributed by atoms with E-state index in [0.717, 1.165) is 11.8 Å². The Hall–Kier alpha value is -3.91. The van der Waals surface area contributed by atoms with Crippen molar-refractivity contribution in [3.05, 3.63) is 57.6 Å². The minimum Gasteiger partial charge on any atom is -0.454 e. The highest BCUT2D eigenvalue weighted by atomic mass is 32.2. The Morgan fingerprint density at radius 2 is 1.87 bits per heavy atom. The molecule has 1 aliphatic rings. The zero-order valence-electron chi connectivity index (χ0n) is 15.4. The lowest BCUT2D eigenvalue weighted by Gasteiger charge is -2.00. The van der Waals surface area contributed by atoms with E-state index in [4.69, 9.17) is 25.0 Å². The Morgan fingerprint density at radius 1 is 1.27 bits per heavy atom. The molecule has 0 aliphatic carbocycles. The number of nitrogens with zero attached hydrogens (tertiary/aromatic N) is 3. The van der Waals surface area contributed by atoms with Gasteiger partial charge < -0.3 is 20.4 Å². The maximum Gasteiger partial charge on any atom is 0.294 e. The second-order valence-corrected chi connectivity index (χ2v) is 7.09. The van der Waals surface area contributed by atoms with Crippen LogP contribution >= 0.6 is 0 Å².